The van der Waals surface area contributed by atoms with E-state index in [0.29, 0.717) is 32.3 Å². The van der Waals surface area contributed by atoms with Crippen molar-refractivity contribution in [2.45, 2.75) is 61.6 Å². The molecule has 3 unspecified atom stereocenters. The molecular formula is C29H37F3N6O4S. The number of hydrogen-bond donors (Lipinski definition) is 6. The monoisotopic (exact) mass is 622 g/mol. The summed E-state index contributed by atoms with van der Waals surface area (Å²) in [6.07, 6.45) is 0.280. The van der Waals surface area contributed by atoms with Crippen LogP contribution in [-0.2, 0) is 22.3 Å². The van der Waals surface area contributed by atoms with Crippen LogP contribution in [-0.4, -0.2) is 68.7 Å². The first-order valence-corrected chi connectivity index (χ1v) is 15.4. The molecular weight excluding hydrogens is 585 g/mol. The standard InChI is InChI=1S/C29H37F3N6O4S/c1-43-20-9-6-18(7-10-20)15-34-23-4-2-3-5-24(23)36-25(39)16-35-27(40)21-14-19(29(30,31)32)8-11-22(21)37-28(41)38-26-17-33-12-13-42-26/h6-11,14,23-24,26,33-34H,2-5,12-13,15-17H2,1H3,(H,35,40)(H,36,39)(H2,37,38,41). The predicted octanol–water partition coefficient (Wildman–Crippen LogP) is 3.44. The highest BCUT2D eigenvalue weighted by atomic mass is 32.2. The second kappa shape index (κ2) is 15.4. The number of anilines is 1. The van der Waals surface area contributed by atoms with Crippen molar-refractivity contribution in [3.05, 3.63) is 59.2 Å². The van der Waals surface area contributed by atoms with Crippen molar-refractivity contribution < 1.29 is 32.3 Å². The van der Waals surface area contributed by atoms with Gasteiger partial charge in [0.1, 0.15) is 6.23 Å². The summed E-state index contributed by atoms with van der Waals surface area (Å²) in [4.78, 5) is 39.5. The summed E-state index contributed by atoms with van der Waals surface area (Å²) < 4.78 is 45.7. The van der Waals surface area contributed by atoms with Crippen LogP contribution in [0.1, 0.15) is 47.2 Å². The van der Waals surface area contributed by atoms with E-state index in [9.17, 15) is 27.6 Å². The molecule has 234 valence electrons. The molecule has 10 nitrogen and oxygen atoms in total. The Balaban J connectivity index is 1.34. The SMILES string of the molecule is CSc1ccc(CNC2CCCCC2NC(=O)CNC(=O)c2cc(C(F)(F)F)ccc2NC(=O)NC2CNCCO2)cc1. The molecule has 0 bridgehead atoms. The number of rotatable bonds is 10. The van der Waals surface area contributed by atoms with E-state index >= 15 is 0 Å². The third-order valence-electron chi connectivity index (χ3n) is 7.31. The van der Waals surface area contributed by atoms with Crippen LogP contribution in [0.3, 0.4) is 0 Å². The van der Waals surface area contributed by atoms with Gasteiger partial charge in [0.2, 0.25) is 5.91 Å². The number of hydrogen-bond acceptors (Lipinski definition) is 7. The lowest BCUT2D eigenvalue weighted by Crippen LogP contribution is -2.53. The highest BCUT2D eigenvalue weighted by Gasteiger charge is 2.32. The summed E-state index contributed by atoms with van der Waals surface area (Å²) in [6.45, 7) is 1.56. The lowest BCUT2D eigenvalue weighted by atomic mass is 9.90. The van der Waals surface area contributed by atoms with Crippen LogP contribution >= 0.6 is 11.8 Å². The number of urea groups is 1. The molecule has 1 saturated carbocycles. The van der Waals surface area contributed by atoms with E-state index in [0.717, 1.165) is 43.4 Å². The number of alkyl halides is 3. The average Bonchev–Trinajstić information content (AvgIpc) is 3.00. The summed E-state index contributed by atoms with van der Waals surface area (Å²) in [5.41, 5.74) is -0.505. The Morgan fingerprint density at radius 1 is 1.02 bits per heavy atom. The van der Waals surface area contributed by atoms with Gasteiger partial charge in [0.25, 0.3) is 5.91 Å². The topological polar surface area (TPSA) is 133 Å². The Labute approximate surface area is 252 Å². The minimum atomic E-state index is -4.71. The molecule has 4 amide bonds. The fraction of sp³-hybridized carbons (Fsp3) is 0.483. The number of carbonyl (C=O) groups excluding carboxylic acids is 3. The number of halogens is 3. The number of benzene rings is 2. The molecule has 1 aliphatic heterocycles. The number of amides is 4. The van der Waals surface area contributed by atoms with Gasteiger partial charge in [-0.05, 0) is 55.0 Å². The maximum absolute atomic E-state index is 13.4. The minimum Gasteiger partial charge on any atom is -0.356 e. The molecule has 43 heavy (non-hydrogen) atoms. The largest absolute Gasteiger partial charge is 0.416 e. The summed E-state index contributed by atoms with van der Waals surface area (Å²) >= 11 is 1.67. The molecule has 2 aromatic carbocycles. The fourth-order valence-electron chi connectivity index (χ4n) is 5.03. The van der Waals surface area contributed by atoms with E-state index < -0.39 is 47.9 Å². The highest BCUT2D eigenvalue weighted by molar-refractivity contribution is 7.98. The second-order valence-electron chi connectivity index (χ2n) is 10.4. The highest BCUT2D eigenvalue weighted by Crippen LogP contribution is 2.32. The smallest absolute Gasteiger partial charge is 0.356 e. The maximum atomic E-state index is 13.4. The van der Waals surface area contributed by atoms with Crippen LogP contribution in [0, 0.1) is 0 Å². The Bertz CT molecular complexity index is 1260. The van der Waals surface area contributed by atoms with Crippen molar-refractivity contribution >= 4 is 35.3 Å². The summed E-state index contributed by atoms with van der Waals surface area (Å²) in [5.74, 6) is -1.39. The molecule has 0 spiro atoms. The number of morpholine rings is 1. The van der Waals surface area contributed by atoms with Crippen LogP contribution < -0.4 is 31.9 Å². The van der Waals surface area contributed by atoms with E-state index in [-0.39, 0.29) is 17.8 Å². The van der Waals surface area contributed by atoms with E-state index in [1.54, 1.807) is 11.8 Å². The summed E-state index contributed by atoms with van der Waals surface area (Å²) in [5, 5.41) is 16.9. The number of nitrogens with one attached hydrogen (secondary N) is 6. The van der Waals surface area contributed by atoms with E-state index in [2.05, 4.69) is 56.2 Å². The molecule has 1 heterocycles. The number of ether oxygens (including phenoxy) is 1. The maximum Gasteiger partial charge on any atom is 0.416 e. The Morgan fingerprint density at radius 3 is 2.44 bits per heavy atom. The zero-order valence-electron chi connectivity index (χ0n) is 23.8. The first-order chi connectivity index (χ1) is 20.6. The first kappa shape index (κ1) is 32.6. The molecule has 2 aliphatic rings. The predicted molar refractivity (Wildman–Crippen MR) is 158 cm³/mol. The zero-order chi connectivity index (χ0) is 30.8. The molecule has 2 fully saturated rings. The summed E-state index contributed by atoms with van der Waals surface area (Å²) in [7, 11) is 0. The van der Waals surface area contributed by atoms with Crippen molar-refractivity contribution in [2.75, 3.05) is 37.8 Å². The molecule has 3 atom stereocenters. The van der Waals surface area contributed by atoms with Crippen LogP contribution in [0.4, 0.5) is 23.7 Å². The fourth-order valence-corrected chi connectivity index (χ4v) is 5.44. The quantitative estimate of drug-likeness (QED) is 0.224. The van der Waals surface area contributed by atoms with Crippen molar-refractivity contribution in [3.63, 3.8) is 0 Å². The van der Waals surface area contributed by atoms with E-state index in [1.165, 1.54) is 4.90 Å². The van der Waals surface area contributed by atoms with Crippen molar-refractivity contribution in [3.8, 4) is 0 Å². The second-order valence-corrected chi connectivity index (χ2v) is 11.3. The van der Waals surface area contributed by atoms with Gasteiger partial charge in [0.05, 0.1) is 30.0 Å². The third-order valence-corrected chi connectivity index (χ3v) is 8.05. The van der Waals surface area contributed by atoms with Gasteiger partial charge >= 0.3 is 12.2 Å². The Kier molecular flexibility index (Phi) is 11.7. The average molecular weight is 623 g/mol. The van der Waals surface area contributed by atoms with Gasteiger partial charge in [-0.2, -0.15) is 13.2 Å². The molecule has 2 aromatic rings. The molecule has 1 saturated heterocycles. The normalized spacial score (nSPS) is 20.6. The molecule has 1 aliphatic carbocycles. The lowest BCUT2D eigenvalue weighted by Gasteiger charge is -2.33. The van der Waals surface area contributed by atoms with Crippen molar-refractivity contribution in [2.24, 2.45) is 0 Å². The van der Waals surface area contributed by atoms with Gasteiger partial charge in [-0.1, -0.05) is 25.0 Å². The number of carbonyl (C=O) groups is 3. The lowest BCUT2D eigenvalue weighted by molar-refractivity contribution is -0.137. The first-order valence-electron chi connectivity index (χ1n) is 14.2. The Hall–Kier alpha value is -3.33. The van der Waals surface area contributed by atoms with Crippen LogP contribution in [0.25, 0.3) is 0 Å². The molecule has 4 rings (SSSR count). The van der Waals surface area contributed by atoms with Gasteiger partial charge in [-0.15, -0.1) is 11.8 Å². The Morgan fingerprint density at radius 2 is 1.77 bits per heavy atom. The van der Waals surface area contributed by atoms with Crippen LogP contribution in [0.5, 0.6) is 0 Å². The summed E-state index contributed by atoms with van der Waals surface area (Å²) in [6, 6.07) is 9.79. The van der Waals surface area contributed by atoms with Gasteiger partial charge in [0, 0.05) is 36.6 Å². The molecule has 0 radical (unpaired) electrons. The zero-order valence-corrected chi connectivity index (χ0v) is 24.6. The molecule has 6 N–H and O–H groups in total. The minimum absolute atomic E-state index is 0.0368. The third kappa shape index (κ3) is 9.85. The van der Waals surface area contributed by atoms with Gasteiger partial charge in [-0.3, -0.25) is 9.59 Å². The number of thioether (sulfide) groups is 1. The van der Waals surface area contributed by atoms with Crippen LogP contribution in [0.15, 0.2) is 47.4 Å². The van der Waals surface area contributed by atoms with E-state index in [1.807, 2.05) is 6.26 Å². The van der Waals surface area contributed by atoms with Crippen LogP contribution in [0.2, 0.25) is 0 Å². The van der Waals surface area contributed by atoms with Crippen molar-refractivity contribution in [1.29, 1.82) is 0 Å². The van der Waals surface area contributed by atoms with Gasteiger partial charge in [-0.25, -0.2) is 4.79 Å². The van der Waals surface area contributed by atoms with Gasteiger partial charge in [0.15, 0.2) is 0 Å². The van der Waals surface area contributed by atoms with Crippen molar-refractivity contribution in [1.82, 2.24) is 26.6 Å². The van der Waals surface area contributed by atoms with Gasteiger partial charge < -0.3 is 36.6 Å². The molecule has 14 heteroatoms. The molecule has 0 aromatic heterocycles. The van der Waals surface area contributed by atoms with E-state index in [4.69, 9.17) is 4.74 Å².